The molecule has 0 unspecified atom stereocenters. The summed E-state index contributed by atoms with van der Waals surface area (Å²) in [5, 5.41) is 7.35. The van der Waals surface area contributed by atoms with E-state index < -0.39 is 16.0 Å². The zero-order valence-electron chi connectivity index (χ0n) is 13.7. The van der Waals surface area contributed by atoms with E-state index in [9.17, 15) is 13.2 Å². The first-order chi connectivity index (χ1) is 11.4. The summed E-state index contributed by atoms with van der Waals surface area (Å²) in [5.41, 5.74) is 0.138. The van der Waals surface area contributed by atoms with Gasteiger partial charge in [-0.2, -0.15) is 4.31 Å². The lowest BCUT2D eigenvalue weighted by molar-refractivity contribution is 0.0436. The van der Waals surface area contributed by atoms with Crippen molar-refractivity contribution in [3.8, 4) is 0 Å². The van der Waals surface area contributed by atoms with Crippen molar-refractivity contribution < 1.29 is 22.4 Å². The van der Waals surface area contributed by atoms with Gasteiger partial charge in [-0.25, -0.2) is 13.2 Å². The molecule has 0 aliphatic rings. The number of hydrogen-bond acceptors (Lipinski definition) is 7. The van der Waals surface area contributed by atoms with Gasteiger partial charge >= 0.3 is 5.97 Å². The minimum atomic E-state index is -3.64. The number of nitrogens with zero attached hydrogens (tertiary/aromatic N) is 3. The maximum Gasteiger partial charge on any atom is 0.338 e. The highest BCUT2D eigenvalue weighted by Gasteiger charge is 2.23. The molecule has 0 bridgehead atoms. The standard InChI is InChI=1S/C15H19N3O5S/c1-4-18(5-2)24(20,21)13-8-6-7-12(9-13)15(19)22-10-14-17-16-11(3)23-14/h6-9H,4-5,10H2,1-3H3. The highest BCUT2D eigenvalue weighted by molar-refractivity contribution is 7.89. The van der Waals surface area contributed by atoms with Crippen molar-refractivity contribution in [1.29, 1.82) is 0 Å². The molecule has 130 valence electrons. The van der Waals surface area contributed by atoms with Crippen molar-refractivity contribution in [2.45, 2.75) is 32.3 Å². The third-order valence-electron chi connectivity index (χ3n) is 3.31. The first-order valence-corrected chi connectivity index (χ1v) is 8.88. The molecule has 9 heteroatoms. The van der Waals surface area contributed by atoms with Crippen LogP contribution in [0.5, 0.6) is 0 Å². The lowest BCUT2D eigenvalue weighted by Gasteiger charge is -2.18. The van der Waals surface area contributed by atoms with Crippen molar-refractivity contribution >= 4 is 16.0 Å². The van der Waals surface area contributed by atoms with Gasteiger partial charge < -0.3 is 9.15 Å². The Balaban J connectivity index is 2.16. The van der Waals surface area contributed by atoms with Crippen LogP contribution in [0.4, 0.5) is 0 Å². The third kappa shape index (κ3) is 3.98. The van der Waals surface area contributed by atoms with Crippen LogP contribution in [0.15, 0.2) is 33.6 Å². The molecule has 2 rings (SSSR count). The Bertz CT molecular complexity index is 812. The summed E-state index contributed by atoms with van der Waals surface area (Å²) in [6, 6.07) is 5.74. The van der Waals surface area contributed by atoms with Gasteiger partial charge in [-0.1, -0.05) is 19.9 Å². The summed E-state index contributed by atoms with van der Waals surface area (Å²) in [6.45, 7) is 5.66. The molecule has 0 N–H and O–H groups in total. The number of carbonyl (C=O) groups excluding carboxylic acids is 1. The summed E-state index contributed by atoms with van der Waals surface area (Å²) >= 11 is 0. The van der Waals surface area contributed by atoms with E-state index in [1.54, 1.807) is 20.8 Å². The summed E-state index contributed by atoms with van der Waals surface area (Å²) in [4.78, 5) is 12.1. The summed E-state index contributed by atoms with van der Waals surface area (Å²) in [7, 11) is -3.64. The molecule has 1 aromatic heterocycles. The van der Waals surface area contributed by atoms with Crippen LogP contribution in [0.2, 0.25) is 0 Å². The van der Waals surface area contributed by atoms with Crippen LogP contribution >= 0.6 is 0 Å². The van der Waals surface area contributed by atoms with Gasteiger partial charge in [0, 0.05) is 20.0 Å². The van der Waals surface area contributed by atoms with Crippen molar-refractivity contribution in [2.24, 2.45) is 0 Å². The smallest absolute Gasteiger partial charge is 0.338 e. The Kier molecular flexibility index (Phi) is 5.68. The molecule has 2 aromatic rings. The zero-order valence-corrected chi connectivity index (χ0v) is 14.5. The first kappa shape index (κ1) is 18.1. The second-order valence-electron chi connectivity index (χ2n) is 4.91. The third-order valence-corrected chi connectivity index (χ3v) is 5.35. The highest BCUT2D eigenvalue weighted by atomic mass is 32.2. The van der Waals surface area contributed by atoms with Crippen molar-refractivity contribution in [3.05, 3.63) is 41.6 Å². The van der Waals surface area contributed by atoms with Gasteiger partial charge in [0.1, 0.15) is 0 Å². The van der Waals surface area contributed by atoms with Crippen LogP contribution in [-0.4, -0.2) is 42.0 Å². The van der Waals surface area contributed by atoms with Crippen LogP contribution in [0.3, 0.4) is 0 Å². The van der Waals surface area contributed by atoms with E-state index in [1.165, 1.54) is 28.6 Å². The lowest BCUT2D eigenvalue weighted by Crippen LogP contribution is -2.30. The van der Waals surface area contributed by atoms with E-state index in [2.05, 4.69) is 10.2 Å². The predicted octanol–water partition coefficient (Wildman–Crippen LogP) is 1.77. The molecular formula is C15H19N3O5S. The fraction of sp³-hybridized carbons (Fsp3) is 0.400. The molecule has 0 aliphatic carbocycles. The van der Waals surface area contributed by atoms with Gasteiger partial charge in [0.15, 0.2) is 6.61 Å². The maximum absolute atomic E-state index is 12.5. The fourth-order valence-corrected chi connectivity index (χ4v) is 3.61. The largest absolute Gasteiger partial charge is 0.452 e. The molecular weight excluding hydrogens is 334 g/mol. The summed E-state index contributed by atoms with van der Waals surface area (Å²) in [5.74, 6) is -0.122. The molecule has 24 heavy (non-hydrogen) atoms. The SMILES string of the molecule is CCN(CC)S(=O)(=O)c1cccc(C(=O)OCc2nnc(C)o2)c1. The molecule has 0 saturated carbocycles. The predicted molar refractivity (Wildman–Crippen MR) is 84.7 cm³/mol. The molecule has 0 spiro atoms. The number of rotatable bonds is 7. The summed E-state index contributed by atoms with van der Waals surface area (Å²) < 4.78 is 36.5. The van der Waals surface area contributed by atoms with Crippen molar-refractivity contribution in [3.63, 3.8) is 0 Å². The van der Waals surface area contributed by atoms with Crippen LogP contribution in [-0.2, 0) is 21.4 Å². The summed E-state index contributed by atoms with van der Waals surface area (Å²) in [6.07, 6.45) is 0. The number of benzene rings is 1. The first-order valence-electron chi connectivity index (χ1n) is 7.44. The van der Waals surface area contributed by atoms with E-state index in [0.29, 0.717) is 19.0 Å². The average molecular weight is 353 g/mol. The Morgan fingerprint density at radius 2 is 1.96 bits per heavy atom. The second kappa shape index (κ2) is 7.54. The topological polar surface area (TPSA) is 103 Å². The molecule has 1 aromatic carbocycles. The van der Waals surface area contributed by atoms with Crippen LogP contribution in [0.25, 0.3) is 0 Å². The molecule has 0 saturated heterocycles. The van der Waals surface area contributed by atoms with Gasteiger partial charge in [0.25, 0.3) is 5.89 Å². The normalized spacial score (nSPS) is 11.7. The molecule has 8 nitrogen and oxygen atoms in total. The van der Waals surface area contributed by atoms with Gasteiger partial charge in [0.05, 0.1) is 10.5 Å². The van der Waals surface area contributed by atoms with Crippen LogP contribution in [0.1, 0.15) is 36.0 Å². The quantitative estimate of drug-likeness (QED) is 0.699. The minimum absolute atomic E-state index is 0.0503. The number of carbonyl (C=O) groups is 1. The highest BCUT2D eigenvalue weighted by Crippen LogP contribution is 2.17. The average Bonchev–Trinajstić information content (AvgIpc) is 2.99. The minimum Gasteiger partial charge on any atom is -0.452 e. The Hall–Kier alpha value is -2.26. The van der Waals surface area contributed by atoms with E-state index in [1.807, 2.05) is 0 Å². The molecule has 0 amide bonds. The van der Waals surface area contributed by atoms with Crippen molar-refractivity contribution in [2.75, 3.05) is 13.1 Å². The lowest BCUT2D eigenvalue weighted by atomic mass is 10.2. The number of aryl methyl sites for hydroxylation is 1. The molecule has 1 heterocycles. The van der Waals surface area contributed by atoms with Gasteiger partial charge in [-0.05, 0) is 18.2 Å². The number of sulfonamides is 1. The molecule has 0 fully saturated rings. The molecule has 0 radical (unpaired) electrons. The zero-order chi connectivity index (χ0) is 17.7. The number of esters is 1. The van der Waals surface area contributed by atoms with Crippen molar-refractivity contribution in [1.82, 2.24) is 14.5 Å². The van der Waals surface area contributed by atoms with Crippen LogP contribution < -0.4 is 0 Å². The van der Waals surface area contributed by atoms with E-state index >= 15 is 0 Å². The van der Waals surface area contributed by atoms with Gasteiger partial charge in [-0.3, -0.25) is 0 Å². The van der Waals surface area contributed by atoms with E-state index in [4.69, 9.17) is 9.15 Å². The molecule has 0 atom stereocenters. The fourth-order valence-electron chi connectivity index (χ4n) is 2.10. The number of hydrogen-bond donors (Lipinski definition) is 0. The molecule has 0 aliphatic heterocycles. The number of aromatic nitrogens is 2. The van der Waals surface area contributed by atoms with E-state index in [-0.39, 0.29) is 23.0 Å². The maximum atomic E-state index is 12.5. The monoisotopic (exact) mass is 353 g/mol. The van der Waals surface area contributed by atoms with Gasteiger partial charge in [-0.15, -0.1) is 10.2 Å². The van der Waals surface area contributed by atoms with E-state index in [0.717, 1.165) is 0 Å². The van der Waals surface area contributed by atoms with Crippen LogP contribution in [0, 0.1) is 6.92 Å². The number of ether oxygens (including phenoxy) is 1. The Morgan fingerprint density at radius 3 is 2.54 bits per heavy atom. The Labute approximate surface area is 140 Å². The second-order valence-corrected chi connectivity index (χ2v) is 6.85. The Morgan fingerprint density at radius 1 is 1.25 bits per heavy atom. The van der Waals surface area contributed by atoms with Gasteiger partial charge in [0.2, 0.25) is 15.9 Å².